The van der Waals surface area contributed by atoms with Crippen LogP contribution in [0.15, 0.2) is 23.3 Å². The zero-order valence-electron chi connectivity index (χ0n) is 8.82. The van der Waals surface area contributed by atoms with Crippen LogP contribution in [0.5, 0.6) is 0 Å². The molecule has 0 atom stereocenters. The maximum atomic E-state index is 4.19. The molecule has 0 bridgehead atoms. The summed E-state index contributed by atoms with van der Waals surface area (Å²) in [4.78, 5) is 10.4. The Labute approximate surface area is 90.0 Å². The number of nitrogens with zero attached hydrogens (tertiary/aromatic N) is 3. The predicted molar refractivity (Wildman–Crippen MR) is 61.6 cm³/mol. The molecule has 0 saturated carbocycles. The second-order valence-electron chi connectivity index (χ2n) is 3.71. The normalized spacial score (nSPS) is 17.6. The van der Waals surface area contributed by atoms with Gasteiger partial charge in [0.25, 0.3) is 0 Å². The Morgan fingerprint density at radius 1 is 1.40 bits per heavy atom. The van der Waals surface area contributed by atoms with Crippen LogP contribution in [-0.2, 0) is 6.54 Å². The summed E-state index contributed by atoms with van der Waals surface area (Å²) in [6.45, 7) is 8.81. The largest absolute Gasteiger partial charge is 0.314 e. The van der Waals surface area contributed by atoms with E-state index in [-0.39, 0.29) is 0 Å². The lowest BCUT2D eigenvalue weighted by Gasteiger charge is -2.26. The lowest BCUT2D eigenvalue weighted by atomic mass is 10.2. The predicted octanol–water partition coefficient (Wildman–Crippen LogP) is 0.819. The molecule has 15 heavy (non-hydrogen) atoms. The van der Waals surface area contributed by atoms with Crippen molar-refractivity contribution in [3.05, 3.63) is 23.9 Å². The van der Waals surface area contributed by atoms with Crippen LogP contribution in [0, 0.1) is 0 Å². The summed E-state index contributed by atoms with van der Waals surface area (Å²) in [5, 5.41) is 3.34. The SMILES string of the molecule is C=Nc1ccc(CN2CCNCC2)cn1. The zero-order chi connectivity index (χ0) is 10.5. The van der Waals surface area contributed by atoms with E-state index in [1.165, 1.54) is 5.56 Å². The van der Waals surface area contributed by atoms with Crippen LogP contribution in [0.25, 0.3) is 0 Å². The average Bonchev–Trinajstić information content (AvgIpc) is 2.31. The van der Waals surface area contributed by atoms with E-state index in [2.05, 4.69) is 33.0 Å². The first-order valence-electron chi connectivity index (χ1n) is 5.23. The van der Waals surface area contributed by atoms with Gasteiger partial charge in [0.05, 0.1) is 0 Å². The van der Waals surface area contributed by atoms with Crippen LogP contribution in [0.4, 0.5) is 5.82 Å². The smallest absolute Gasteiger partial charge is 0.151 e. The van der Waals surface area contributed by atoms with E-state index in [1.807, 2.05) is 12.3 Å². The molecule has 0 spiro atoms. The fourth-order valence-corrected chi connectivity index (χ4v) is 1.73. The van der Waals surface area contributed by atoms with Crippen molar-refractivity contribution in [2.75, 3.05) is 26.2 Å². The quantitative estimate of drug-likeness (QED) is 0.741. The first-order chi connectivity index (χ1) is 7.38. The van der Waals surface area contributed by atoms with Crippen LogP contribution in [0.3, 0.4) is 0 Å². The maximum absolute atomic E-state index is 4.19. The van der Waals surface area contributed by atoms with Crippen molar-refractivity contribution < 1.29 is 0 Å². The molecule has 1 aliphatic heterocycles. The Morgan fingerprint density at radius 2 is 2.20 bits per heavy atom. The Bertz CT molecular complexity index is 314. The second kappa shape index (κ2) is 5.00. The summed E-state index contributed by atoms with van der Waals surface area (Å²) in [7, 11) is 0. The fourth-order valence-electron chi connectivity index (χ4n) is 1.73. The van der Waals surface area contributed by atoms with Gasteiger partial charge in [-0.2, -0.15) is 0 Å². The lowest BCUT2D eigenvalue weighted by Crippen LogP contribution is -2.42. The molecule has 80 valence electrons. The van der Waals surface area contributed by atoms with E-state index in [9.17, 15) is 0 Å². The third-order valence-corrected chi connectivity index (χ3v) is 2.59. The first-order valence-corrected chi connectivity index (χ1v) is 5.23. The summed E-state index contributed by atoms with van der Waals surface area (Å²) in [5.41, 5.74) is 1.24. The van der Waals surface area contributed by atoms with Crippen LogP contribution >= 0.6 is 0 Å². The maximum Gasteiger partial charge on any atom is 0.151 e. The van der Waals surface area contributed by atoms with Gasteiger partial charge >= 0.3 is 0 Å². The molecule has 2 rings (SSSR count). The number of aromatic nitrogens is 1. The van der Waals surface area contributed by atoms with Gasteiger partial charge < -0.3 is 5.32 Å². The van der Waals surface area contributed by atoms with Crippen LogP contribution in [-0.4, -0.2) is 42.8 Å². The van der Waals surface area contributed by atoms with Gasteiger partial charge in [0.2, 0.25) is 0 Å². The molecule has 0 unspecified atom stereocenters. The van der Waals surface area contributed by atoms with E-state index < -0.39 is 0 Å². The van der Waals surface area contributed by atoms with Crippen molar-refractivity contribution in [3.63, 3.8) is 0 Å². The van der Waals surface area contributed by atoms with E-state index in [4.69, 9.17) is 0 Å². The lowest BCUT2D eigenvalue weighted by molar-refractivity contribution is 0.233. The number of piperazine rings is 1. The summed E-state index contributed by atoms with van der Waals surface area (Å²) < 4.78 is 0. The molecule has 4 nitrogen and oxygen atoms in total. The zero-order valence-corrected chi connectivity index (χ0v) is 8.82. The number of hydrogen-bond acceptors (Lipinski definition) is 4. The van der Waals surface area contributed by atoms with E-state index in [0.717, 1.165) is 32.7 Å². The molecule has 1 fully saturated rings. The number of aliphatic imine (C=N–C) groups is 1. The van der Waals surface area contributed by atoms with Gasteiger partial charge in [0, 0.05) is 38.9 Å². The molecule has 1 N–H and O–H groups in total. The Morgan fingerprint density at radius 3 is 2.80 bits per heavy atom. The third-order valence-electron chi connectivity index (χ3n) is 2.59. The van der Waals surface area contributed by atoms with Gasteiger partial charge in [-0.05, 0) is 18.3 Å². The number of nitrogens with one attached hydrogen (secondary N) is 1. The van der Waals surface area contributed by atoms with Crippen molar-refractivity contribution in [2.45, 2.75) is 6.54 Å². The van der Waals surface area contributed by atoms with Crippen LogP contribution in [0.1, 0.15) is 5.56 Å². The minimum absolute atomic E-state index is 0.694. The third kappa shape index (κ3) is 2.84. The van der Waals surface area contributed by atoms with E-state index >= 15 is 0 Å². The second-order valence-corrected chi connectivity index (χ2v) is 3.71. The number of rotatable bonds is 3. The van der Waals surface area contributed by atoms with E-state index in [1.54, 1.807) is 0 Å². The van der Waals surface area contributed by atoms with Gasteiger partial charge in [-0.15, -0.1) is 0 Å². The van der Waals surface area contributed by atoms with Crippen molar-refractivity contribution >= 4 is 12.5 Å². The Hall–Kier alpha value is -1.26. The Kier molecular flexibility index (Phi) is 3.42. The molecule has 0 aromatic carbocycles. The molecule has 4 heteroatoms. The van der Waals surface area contributed by atoms with Crippen molar-refractivity contribution in [3.8, 4) is 0 Å². The number of hydrogen-bond donors (Lipinski definition) is 1. The molecule has 1 aromatic rings. The standard InChI is InChI=1S/C11H16N4/c1-12-11-3-2-10(8-14-11)9-15-6-4-13-5-7-15/h2-3,8,13H,1,4-7,9H2. The van der Waals surface area contributed by atoms with Gasteiger partial charge in [-0.25, -0.2) is 9.98 Å². The summed E-state index contributed by atoms with van der Waals surface area (Å²) in [5.74, 6) is 0.694. The minimum Gasteiger partial charge on any atom is -0.314 e. The molecule has 1 saturated heterocycles. The summed E-state index contributed by atoms with van der Waals surface area (Å²) in [6, 6.07) is 3.98. The molecule has 1 aromatic heterocycles. The highest BCUT2D eigenvalue weighted by atomic mass is 15.2. The van der Waals surface area contributed by atoms with Crippen LogP contribution < -0.4 is 5.32 Å². The fraction of sp³-hybridized carbons (Fsp3) is 0.455. The van der Waals surface area contributed by atoms with E-state index in [0.29, 0.717) is 5.82 Å². The molecule has 0 amide bonds. The highest BCUT2D eigenvalue weighted by Gasteiger charge is 2.09. The average molecular weight is 204 g/mol. The number of pyridine rings is 1. The van der Waals surface area contributed by atoms with Gasteiger partial charge in [-0.3, -0.25) is 4.90 Å². The van der Waals surface area contributed by atoms with Crippen molar-refractivity contribution in [1.82, 2.24) is 15.2 Å². The molecular weight excluding hydrogens is 188 g/mol. The van der Waals surface area contributed by atoms with Crippen molar-refractivity contribution in [1.29, 1.82) is 0 Å². The van der Waals surface area contributed by atoms with Gasteiger partial charge in [0.1, 0.15) is 0 Å². The monoisotopic (exact) mass is 204 g/mol. The molecule has 0 radical (unpaired) electrons. The summed E-state index contributed by atoms with van der Waals surface area (Å²) >= 11 is 0. The molecular formula is C11H16N4. The topological polar surface area (TPSA) is 40.5 Å². The summed E-state index contributed by atoms with van der Waals surface area (Å²) in [6.07, 6.45) is 1.88. The highest BCUT2D eigenvalue weighted by molar-refractivity contribution is 5.39. The molecule has 1 aliphatic rings. The molecule has 0 aliphatic carbocycles. The minimum atomic E-state index is 0.694. The first kappa shape index (κ1) is 10.3. The highest BCUT2D eigenvalue weighted by Crippen LogP contribution is 2.09. The molecule has 2 heterocycles. The Balaban J connectivity index is 1.94. The van der Waals surface area contributed by atoms with Gasteiger partial charge in [-0.1, -0.05) is 6.07 Å². The van der Waals surface area contributed by atoms with Crippen molar-refractivity contribution in [2.24, 2.45) is 4.99 Å². The van der Waals surface area contributed by atoms with Crippen LogP contribution in [0.2, 0.25) is 0 Å². The van der Waals surface area contributed by atoms with Gasteiger partial charge in [0.15, 0.2) is 5.82 Å².